The quantitative estimate of drug-likeness (QED) is 0.743. The Labute approximate surface area is 136 Å². The predicted molar refractivity (Wildman–Crippen MR) is 83.5 cm³/mol. The summed E-state index contributed by atoms with van der Waals surface area (Å²) in [6, 6.07) is 0.346. The summed E-state index contributed by atoms with van der Waals surface area (Å²) in [5, 5.41) is 4.15. The van der Waals surface area contributed by atoms with E-state index < -0.39 is 0 Å². The first-order chi connectivity index (χ1) is 11.1. The lowest BCUT2D eigenvalue weighted by Gasteiger charge is -2.35. The standard InChI is InChI=1S/C15H24N6O2/c1-13(22)18-5-7-19(8-6-18)15(23)10-20-4-2-3-14(20)9-21-12-16-11-17-21/h11-12,14H,2-10H2,1H3. The SMILES string of the molecule is CC(=O)N1CCN(C(=O)CN2CCCC2Cn2cncn2)CC1. The van der Waals surface area contributed by atoms with E-state index in [-0.39, 0.29) is 11.8 Å². The van der Waals surface area contributed by atoms with E-state index in [1.165, 1.54) is 0 Å². The molecule has 2 aliphatic heterocycles. The number of amides is 2. The Balaban J connectivity index is 1.50. The molecule has 8 heteroatoms. The molecule has 2 amide bonds. The summed E-state index contributed by atoms with van der Waals surface area (Å²) in [5.74, 6) is 0.253. The highest BCUT2D eigenvalue weighted by molar-refractivity contribution is 5.79. The molecule has 0 aromatic carbocycles. The lowest BCUT2D eigenvalue weighted by molar-refractivity contribution is -0.139. The maximum absolute atomic E-state index is 12.5. The van der Waals surface area contributed by atoms with Crippen LogP contribution in [0.3, 0.4) is 0 Å². The number of piperazine rings is 1. The van der Waals surface area contributed by atoms with Gasteiger partial charge in [-0.05, 0) is 19.4 Å². The van der Waals surface area contributed by atoms with Gasteiger partial charge < -0.3 is 9.80 Å². The molecular weight excluding hydrogens is 296 g/mol. The Morgan fingerprint density at radius 1 is 1.13 bits per heavy atom. The summed E-state index contributed by atoms with van der Waals surface area (Å²) in [7, 11) is 0. The zero-order valence-corrected chi connectivity index (χ0v) is 13.6. The predicted octanol–water partition coefficient (Wildman–Crippen LogP) is -0.567. The molecule has 1 atom stereocenters. The maximum atomic E-state index is 12.5. The number of rotatable bonds is 4. The summed E-state index contributed by atoms with van der Waals surface area (Å²) < 4.78 is 1.83. The van der Waals surface area contributed by atoms with Gasteiger partial charge in [0.15, 0.2) is 0 Å². The molecule has 2 aliphatic rings. The van der Waals surface area contributed by atoms with Gasteiger partial charge >= 0.3 is 0 Å². The van der Waals surface area contributed by atoms with Crippen LogP contribution in [0.25, 0.3) is 0 Å². The highest BCUT2D eigenvalue weighted by atomic mass is 16.2. The minimum Gasteiger partial charge on any atom is -0.339 e. The molecule has 2 saturated heterocycles. The van der Waals surface area contributed by atoms with E-state index in [9.17, 15) is 9.59 Å². The highest BCUT2D eigenvalue weighted by Crippen LogP contribution is 2.18. The number of carbonyl (C=O) groups is 2. The molecule has 3 rings (SSSR count). The van der Waals surface area contributed by atoms with Crippen molar-refractivity contribution in [1.29, 1.82) is 0 Å². The van der Waals surface area contributed by atoms with Crippen LogP contribution in [0.15, 0.2) is 12.7 Å². The van der Waals surface area contributed by atoms with Crippen molar-refractivity contribution >= 4 is 11.8 Å². The van der Waals surface area contributed by atoms with Crippen molar-refractivity contribution in [1.82, 2.24) is 29.5 Å². The van der Waals surface area contributed by atoms with Crippen molar-refractivity contribution in [3.05, 3.63) is 12.7 Å². The maximum Gasteiger partial charge on any atom is 0.236 e. The smallest absolute Gasteiger partial charge is 0.236 e. The second-order valence-electron chi connectivity index (χ2n) is 6.27. The number of hydrogen-bond donors (Lipinski definition) is 0. The summed E-state index contributed by atoms with van der Waals surface area (Å²) in [5.41, 5.74) is 0. The Hall–Kier alpha value is -1.96. The van der Waals surface area contributed by atoms with E-state index in [2.05, 4.69) is 15.0 Å². The van der Waals surface area contributed by atoms with Gasteiger partial charge in [-0.25, -0.2) is 4.98 Å². The topological polar surface area (TPSA) is 74.6 Å². The van der Waals surface area contributed by atoms with Crippen LogP contribution in [0.5, 0.6) is 0 Å². The van der Waals surface area contributed by atoms with Crippen LogP contribution in [-0.4, -0.2) is 86.6 Å². The van der Waals surface area contributed by atoms with Crippen LogP contribution in [-0.2, 0) is 16.1 Å². The molecule has 0 saturated carbocycles. The first-order valence-electron chi connectivity index (χ1n) is 8.23. The average Bonchev–Trinajstić information content (AvgIpc) is 3.20. The Morgan fingerprint density at radius 2 is 1.87 bits per heavy atom. The third kappa shape index (κ3) is 3.87. The Morgan fingerprint density at radius 3 is 2.52 bits per heavy atom. The van der Waals surface area contributed by atoms with Crippen molar-refractivity contribution in [2.24, 2.45) is 0 Å². The minimum absolute atomic E-state index is 0.0875. The monoisotopic (exact) mass is 320 g/mol. The summed E-state index contributed by atoms with van der Waals surface area (Å²) in [6.07, 6.45) is 5.47. The van der Waals surface area contributed by atoms with Crippen molar-refractivity contribution in [2.45, 2.75) is 32.4 Å². The normalized spacial score (nSPS) is 22.6. The first kappa shape index (κ1) is 15.9. The van der Waals surface area contributed by atoms with Gasteiger partial charge in [-0.1, -0.05) is 0 Å². The van der Waals surface area contributed by atoms with Gasteiger partial charge in [0.05, 0.1) is 13.1 Å². The summed E-state index contributed by atoms with van der Waals surface area (Å²) in [6.45, 7) is 6.34. The van der Waals surface area contributed by atoms with E-state index in [1.54, 1.807) is 24.5 Å². The van der Waals surface area contributed by atoms with Crippen molar-refractivity contribution in [3.63, 3.8) is 0 Å². The highest BCUT2D eigenvalue weighted by Gasteiger charge is 2.29. The molecule has 0 spiro atoms. The van der Waals surface area contributed by atoms with Crippen molar-refractivity contribution in [3.8, 4) is 0 Å². The zero-order chi connectivity index (χ0) is 16.2. The molecule has 126 valence electrons. The van der Waals surface area contributed by atoms with Crippen LogP contribution >= 0.6 is 0 Å². The number of nitrogens with zero attached hydrogens (tertiary/aromatic N) is 6. The Bertz CT molecular complexity index is 538. The van der Waals surface area contributed by atoms with E-state index in [0.29, 0.717) is 38.8 Å². The van der Waals surface area contributed by atoms with Crippen LogP contribution in [0.1, 0.15) is 19.8 Å². The third-order valence-corrected chi connectivity index (χ3v) is 4.78. The summed E-state index contributed by atoms with van der Waals surface area (Å²) in [4.78, 5) is 33.8. The number of likely N-dealkylation sites (tertiary alicyclic amines) is 1. The molecule has 23 heavy (non-hydrogen) atoms. The summed E-state index contributed by atoms with van der Waals surface area (Å²) >= 11 is 0. The minimum atomic E-state index is 0.0875. The second-order valence-corrected chi connectivity index (χ2v) is 6.27. The van der Waals surface area contributed by atoms with Gasteiger partial charge in [0.1, 0.15) is 12.7 Å². The lowest BCUT2D eigenvalue weighted by Crippen LogP contribution is -2.52. The van der Waals surface area contributed by atoms with Gasteiger partial charge in [-0.3, -0.25) is 19.2 Å². The molecule has 2 fully saturated rings. The van der Waals surface area contributed by atoms with Crippen LogP contribution < -0.4 is 0 Å². The average molecular weight is 320 g/mol. The second kappa shape index (κ2) is 7.08. The van der Waals surface area contributed by atoms with Crippen molar-refractivity contribution < 1.29 is 9.59 Å². The largest absolute Gasteiger partial charge is 0.339 e. The fourth-order valence-electron chi connectivity index (χ4n) is 3.40. The zero-order valence-electron chi connectivity index (χ0n) is 13.6. The van der Waals surface area contributed by atoms with Crippen LogP contribution in [0, 0.1) is 0 Å². The van der Waals surface area contributed by atoms with E-state index in [1.807, 2.05) is 9.58 Å². The van der Waals surface area contributed by atoms with Crippen molar-refractivity contribution in [2.75, 3.05) is 39.3 Å². The van der Waals surface area contributed by atoms with E-state index >= 15 is 0 Å². The molecule has 3 heterocycles. The molecule has 8 nitrogen and oxygen atoms in total. The number of hydrogen-bond acceptors (Lipinski definition) is 5. The molecule has 1 aromatic rings. The molecular formula is C15H24N6O2. The van der Waals surface area contributed by atoms with E-state index in [4.69, 9.17) is 0 Å². The fourth-order valence-corrected chi connectivity index (χ4v) is 3.40. The number of aromatic nitrogens is 3. The van der Waals surface area contributed by atoms with Crippen LogP contribution in [0.2, 0.25) is 0 Å². The molecule has 0 aliphatic carbocycles. The van der Waals surface area contributed by atoms with E-state index in [0.717, 1.165) is 25.9 Å². The first-order valence-corrected chi connectivity index (χ1v) is 8.23. The molecule has 0 bridgehead atoms. The van der Waals surface area contributed by atoms with Gasteiger partial charge in [-0.15, -0.1) is 0 Å². The number of carbonyl (C=O) groups excluding carboxylic acids is 2. The fraction of sp³-hybridized carbons (Fsp3) is 0.733. The Kier molecular flexibility index (Phi) is 4.90. The van der Waals surface area contributed by atoms with Crippen LogP contribution in [0.4, 0.5) is 0 Å². The molecule has 0 radical (unpaired) electrons. The lowest BCUT2D eigenvalue weighted by atomic mass is 10.2. The molecule has 1 unspecified atom stereocenters. The van der Waals surface area contributed by atoms with Gasteiger partial charge in [0, 0.05) is 39.1 Å². The molecule has 0 N–H and O–H groups in total. The van der Waals surface area contributed by atoms with Gasteiger partial charge in [0.25, 0.3) is 0 Å². The van der Waals surface area contributed by atoms with Gasteiger partial charge in [-0.2, -0.15) is 5.10 Å². The third-order valence-electron chi connectivity index (χ3n) is 4.78. The molecule has 1 aromatic heterocycles. The van der Waals surface area contributed by atoms with Gasteiger partial charge in [0.2, 0.25) is 11.8 Å².